The fourth-order valence-corrected chi connectivity index (χ4v) is 2.39. The lowest BCUT2D eigenvalue weighted by molar-refractivity contribution is -0.385. The molecule has 0 aliphatic carbocycles. The van der Waals surface area contributed by atoms with E-state index in [1.807, 2.05) is 24.3 Å². The molecule has 23 heavy (non-hydrogen) atoms. The van der Waals surface area contributed by atoms with Crippen molar-refractivity contribution in [2.75, 3.05) is 7.11 Å². The number of hydrogen-bond donors (Lipinski definition) is 1. The van der Waals surface area contributed by atoms with Gasteiger partial charge in [-0.2, -0.15) is 0 Å². The zero-order chi connectivity index (χ0) is 16.8. The third-order valence-corrected chi connectivity index (χ3v) is 3.86. The van der Waals surface area contributed by atoms with Gasteiger partial charge in [0, 0.05) is 25.3 Å². The SMILES string of the molecule is COCc1ccc(CNC(=O)c2ccc(Br)c([N+](=O)[O-])c2)cc1. The fraction of sp³-hybridized carbons (Fsp3) is 0.188. The maximum absolute atomic E-state index is 12.1. The van der Waals surface area contributed by atoms with E-state index in [1.165, 1.54) is 18.2 Å². The summed E-state index contributed by atoms with van der Waals surface area (Å²) in [4.78, 5) is 22.5. The van der Waals surface area contributed by atoms with E-state index in [9.17, 15) is 14.9 Å². The predicted molar refractivity (Wildman–Crippen MR) is 89.1 cm³/mol. The van der Waals surface area contributed by atoms with Crippen LogP contribution in [-0.4, -0.2) is 17.9 Å². The van der Waals surface area contributed by atoms with E-state index in [4.69, 9.17) is 4.74 Å². The first-order chi connectivity index (χ1) is 11.0. The number of ether oxygens (including phenoxy) is 1. The summed E-state index contributed by atoms with van der Waals surface area (Å²) in [5, 5.41) is 13.6. The number of amides is 1. The van der Waals surface area contributed by atoms with Crippen LogP contribution >= 0.6 is 15.9 Å². The number of carbonyl (C=O) groups is 1. The summed E-state index contributed by atoms with van der Waals surface area (Å²) in [5.41, 5.74) is 2.09. The Morgan fingerprint density at radius 1 is 1.22 bits per heavy atom. The molecule has 0 unspecified atom stereocenters. The van der Waals surface area contributed by atoms with Gasteiger partial charge in [0.2, 0.25) is 0 Å². The summed E-state index contributed by atoms with van der Waals surface area (Å²) in [6.45, 7) is 0.880. The second-order valence-electron chi connectivity index (χ2n) is 4.86. The summed E-state index contributed by atoms with van der Waals surface area (Å²) >= 11 is 3.09. The van der Waals surface area contributed by atoms with Crippen LogP contribution in [0.2, 0.25) is 0 Å². The second kappa shape index (κ2) is 7.85. The fourth-order valence-electron chi connectivity index (χ4n) is 2.00. The number of nitro benzene ring substituents is 1. The van der Waals surface area contributed by atoms with Gasteiger partial charge in [-0.05, 0) is 39.2 Å². The Kier molecular flexibility index (Phi) is 5.84. The molecule has 0 aliphatic rings. The number of benzene rings is 2. The summed E-state index contributed by atoms with van der Waals surface area (Å²) in [7, 11) is 1.63. The zero-order valence-corrected chi connectivity index (χ0v) is 14.0. The van der Waals surface area contributed by atoms with Gasteiger partial charge in [-0.15, -0.1) is 0 Å². The number of nitrogens with one attached hydrogen (secondary N) is 1. The molecule has 2 rings (SSSR count). The van der Waals surface area contributed by atoms with Crippen LogP contribution < -0.4 is 5.32 Å². The average Bonchev–Trinajstić information content (AvgIpc) is 2.54. The molecule has 0 aromatic heterocycles. The van der Waals surface area contributed by atoms with Gasteiger partial charge < -0.3 is 10.1 Å². The van der Waals surface area contributed by atoms with E-state index in [0.717, 1.165) is 11.1 Å². The average molecular weight is 379 g/mol. The first kappa shape index (κ1) is 17.1. The number of carbonyl (C=O) groups excluding carboxylic acids is 1. The van der Waals surface area contributed by atoms with Crippen molar-refractivity contribution in [3.8, 4) is 0 Å². The first-order valence-corrected chi connectivity index (χ1v) is 7.59. The monoisotopic (exact) mass is 378 g/mol. The van der Waals surface area contributed by atoms with Crippen LogP contribution in [0, 0.1) is 10.1 Å². The molecular weight excluding hydrogens is 364 g/mol. The molecule has 6 nitrogen and oxygen atoms in total. The highest BCUT2D eigenvalue weighted by Crippen LogP contribution is 2.25. The molecule has 0 atom stereocenters. The van der Waals surface area contributed by atoms with Crippen LogP contribution in [0.15, 0.2) is 46.9 Å². The quantitative estimate of drug-likeness (QED) is 0.616. The van der Waals surface area contributed by atoms with Crippen molar-refractivity contribution in [2.45, 2.75) is 13.2 Å². The van der Waals surface area contributed by atoms with Gasteiger partial charge in [-0.3, -0.25) is 14.9 Å². The van der Waals surface area contributed by atoms with Crippen LogP contribution in [0.1, 0.15) is 21.5 Å². The third-order valence-electron chi connectivity index (χ3n) is 3.19. The Balaban J connectivity index is 2.02. The molecule has 1 N–H and O–H groups in total. The standard InChI is InChI=1S/C16H15BrN2O4/c1-23-10-12-4-2-11(3-5-12)9-18-16(20)13-6-7-14(17)15(8-13)19(21)22/h2-8H,9-10H2,1H3,(H,18,20). The van der Waals surface area contributed by atoms with E-state index < -0.39 is 4.92 Å². The number of nitro groups is 1. The third kappa shape index (κ3) is 4.61. The van der Waals surface area contributed by atoms with Crippen molar-refractivity contribution in [1.29, 1.82) is 0 Å². The number of halogens is 1. The number of rotatable bonds is 6. The van der Waals surface area contributed by atoms with Gasteiger partial charge in [0.05, 0.1) is 16.0 Å². The van der Waals surface area contributed by atoms with Gasteiger partial charge >= 0.3 is 0 Å². The zero-order valence-electron chi connectivity index (χ0n) is 12.4. The van der Waals surface area contributed by atoms with E-state index in [1.54, 1.807) is 7.11 Å². The molecule has 0 saturated heterocycles. The van der Waals surface area contributed by atoms with Gasteiger partial charge in [0.1, 0.15) is 0 Å². The van der Waals surface area contributed by atoms with Gasteiger partial charge in [0.25, 0.3) is 11.6 Å². The van der Waals surface area contributed by atoms with Crippen molar-refractivity contribution < 1.29 is 14.5 Å². The Morgan fingerprint density at radius 3 is 2.48 bits per heavy atom. The smallest absolute Gasteiger partial charge is 0.284 e. The van der Waals surface area contributed by atoms with Gasteiger partial charge in [-0.1, -0.05) is 24.3 Å². The molecule has 2 aromatic carbocycles. The Morgan fingerprint density at radius 2 is 1.87 bits per heavy atom. The maximum Gasteiger partial charge on any atom is 0.284 e. The Bertz CT molecular complexity index is 717. The lowest BCUT2D eigenvalue weighted by Crippen LogP contribution is -2.22. The molecule has 120 valence electrons. The minimum Gasteiger partial charge on any atom is -0.380 e. The molecule has 0 aliphatic heterocycles. The number of nitrogens with zero attached hydrogens (tertiary/aromatic N) is 1. The molecule has 7 heteroatoms. The molecule has 0 heterocycles. The van der Waals surface area contributed by atoms with Gasteiger partial charge in [0.15, 0.2) is 0 Å². The minimum absolute atomic E-state index is 0.137. The highest BCUT2D eigenvalue weighted by molar-refractivity contribution is 9.10. The van der Waals surface area contributed by atoms with Crippen molar-refractivity contribution in [3.63, 3.8) is 0 Å². The molecule has 1 amide bonds. The van der Waals surface area contributed by atoms with Crippen LogP contribution in [-0.2, 0) is 17.9 Å². The van der Waals surface area contributed by atoms with Crippen LogP contribution in [0.25, 0.3) is 0 Å². The van der Waals surface area contributed by atoms with Crippen LogP contribution in [0.5, 0.6) is 0 Å². The number of hydrogen-bond acceptors (Lipinski definition) is 4. The lowest BCUT2D eigenvalue weighted by atomic mass is 10.1. The number of methoxy groups -OCH3 is 1. The highest BCUT2D eigenvalue weighted by Gasteiger charge is 2.15. The molecule has 0 fully saturated rings. The molecule has 2 aromatic rings. The molecular formula is C16H15BrN2O4. The summed E-state index contributed by atoms with van der Waals surface area (Å²) in [6.07, 6.45) is 0. The van der Waals surface area contributed by atoms with E-state index in [0.29, 0.717) is 17.6 Å². The molecule has 0 spiro atoms. The highest BCUT2D eigenvalue weighted by atomic mass is 79.9. The largest absolute Gasteiger partial charge is 0.380 e. The van der Waals surface area contributed by atoms with Crippen molar-refractivity contribution >= 4 is 27.5 Å². The van der Waals surface area contributed by atoms with Crippen molar-refractivity contribution in [1.82, 2.24) is 5.32 Å². The topological polar surface area (TPSA) is 81.5 Å². The van der Waals surface area contributed by atoms with Crippen molar-refractivity contribution in [2.24, 2.45) is 0 Å². The van der Waals surface area contributed by atoms with Gasteiger partial charge in [-0.25, -0.2) is 0 Å². The maximum atomic E-state index is 12.1. The van der Waals surface area contributed by atoms with Crippen molar-refractivity contribution in [3.05, 3.63) is 73.7 Å². The first-order valence-electron chi connectivity index (χ1n) is 6.80. The summed E-state index contributed by atoms with van der Waals surface area (Å²) < 4.78 is 5.38. The normalized spacial score (nSPS) is 10.3. The van der Waals surface area contributed by atoms with E-state index >= 15 is 0 Å². The molecule has 0 saturated carbocycles. The van der Waals surface area contributed by atoms with E-state index in [2.05, 4.69) is 21.2 Å². The molecule has 0 bridgehead atoms. The Hall–Kier alpha value is -2.25. The predicted octanol–water partition coefficient (Wildman–Crippen LogP) is 3.43. The van der Waals surface area contributed by atoms with Crippen LogP contribution in [0.4, 0.5) is 5.69 Å². The summed E-state index contributed by atoms with van der Waals surface area (Å²) in [5.74, 6) is -0.360. The lowest BCUT2D eigenvalue weighted by Gasteiger charge is -2.07. The summed E-state index contributed by atoms with van der Waals surface area (Å²) in [6, 6.07) is 11.9. The Labute approximate surface area is 141 Å². The van der Waals surface area contributed by atoms with Crippen LogP contribution in [0.3, 0.4) is 0 Å². The van der Waals surface area contributed by atoms with E-state index in [-0.39, 0.29) is 17.2 Å². The second-order valence-corrected chi connectivity index (χ2v) is 5.71. The minimum atomic E-state index is -0.532. The molecule has 0 radical (unpaired) electrons.